The van der Waals surface area contributed by atoms with E-state index in [1.807, 2.05) is 30.3 Å². The molecule has 1 unspecified atom stereocenters. The average molecular weight is 700 g/mol. The van der Waals surface area contributed by atoms with Crippen molar-refractivity contribution in [3.63, 3.8) is 0 Å². The molecule has 51 heavy (non-hydrogen) atoms. The lowest BCUT2D eigenvalue weighted by molar-refractivity contribution is -0.676. The maximum absolute atomic E-state index is 12.4. The molecule has 3 aromatic heterocycles. The number of likely N-dealkylation sites (tertiary alicyclic amines) is 1. The van der Waals surface area contributed by atoms with Crippen LogP contribution in [0.5, 0.6) is 0 Å². The standard InChI is InChI=1S/C37H47N8O6/c1-3-44-27-11-10-25(18-28(27)45(4-2)31(44)20-43(22-46)36-34(38)41-35-26(40-36)12-15-39-35)23-13-16-42(17-14-23)19-29(47)32(49)33-30(48)21-50-37(51-33)24-8-6-5-7-9-24/h5-12,15,18,22-23,29-30,32-33,37,47-49H,3-4,13-14,16-17,19-21H2,1-2H3,(H3,38,39,41)/q+1/t29-,30+,32+,33+,37?/m0/s1. The zero-order valence-electron chi connectivity index (χ0n) is 29.0. The number of anilines is 2. The molecule has 6 N–H and O–H groups in total. The Hall–Kier alpha value is -4.44. The highest BCUT2D eigenvalue weighted by Crippen LogP contribution is 2.32. The van der Waals surface area contributed by atoms with Crippen molar-refractivity contribution in [1.82, 2.24) is 24.4 Å². The third-order valence-corrected chi connectivity index (χ3v) is 10.3. The van der Waals surface area contributed by atoms with Crippen molar-refractivity contribution < 1.29 is 34.2 Å². The molecule has 1 amide bonds. The van der Waals surface area contributed by atoms with Gasteiger partial charge < -0.3 is 40.4 Å². The van der Waals surface area contributed by atoms with Gasteiger partial charge in [-0.15, -0.1) is 0 Å². The summed E-state index contributed by atoms with van der Waals surface area (Å²) in [6.07, 6.45) is -0.821. The van der Waals surface area contributed by atoms with Crippen molar-refractivity contribution in [3.05, 3.63) is 77.7 Å². The number of β-amino-alcohol motifs (C(OH)–C–C–N with tert-alkyl or cyclic N) is 1. The number of aromatic amines is 1. The average Bonchev–Trinajstić information content (AvgIpc) is 3.74. The van der Waals surface area contributed by atoms with E-state index in [4.69, 9.17) is 15.2 Å². The number of benzene rings is 2. The zero-order chi connectivity index (χ0) is 35.6. The van der Waals surface area contributed by atoms with Crippen molar-refractivity contribution in [2.75, 3.05) is 36.9 Å². The molecule has 5 heterocycles. The Labute approximate surface area is 296 Å². The van der Waals surface area contributed by atoms with Crippen molar-refractivity contribution in [1.29, 1.82) is 0 Å². The molecule has 5 aromatic rings. The van der Waals surface area contributed by atoms with E-state index in [1.54, 1.807) is 12.3 Å². The summed E-state index contributed by atoms with van der Waals surface area (Å²) < 4.78 is 16.1. The fraction of sp³-hybridized carbons (Fsp3) is 0.459. The molecular formula is C37H47N8O6+. The number of amides is 1. The minimum atomic E-state index is -1.27. The largest absolute Gasteiger partial charge is 0.389 e. The summed E-state index contributed by atoms with van der Waals surface area (Å²) in [6, 6.07) is 17.8. The zero-order valence-corrected chi connectivity index (χ0v) is 29.0. The minimum absolute atomic E-state index is 0.00787. The number of aliphatic hydroxyl groups is 3. The summed E-state index contributed by atoms with van der Waals surface area (Å²) in [5, 5.41) is 32.6. The number of carbonyl (C=O) groups excluding carboxylic acids is 1. The first-order chi connectivity index (χ1) is 24.8. The second-order valence-electron chi connectivity index (χ2n) is 13.4. The van der Waals surface area contributed by atoms with E-state index in [9.17, 15) is 20.1 Å². The SMILES string of the molecule is CCn1c(CN(C=O)c2nc3cc[nH]c3nc2N)[n+](CC)c2ccc(C3CCN(C[C@H](O)[C@@H](O)[C@@H]4OC(c5ccccc5)OC[C@H]4O)CC3)cc21. The van der Waals surface area contributed by atoms with Gasteiger partial charge >= 0.3 is 0 Å². The first-order valence-electron chi connectivity index (χ1n) is 17.8. The number of hydrogen-bond donors (Lipinski definition) is 5. The van der Waals surface area contributed by atoms with Crippen LogP contribution in [0, 0.1) is 0 Å². The molecule has 2 saturated heterocycles. The fourth-order valence-electron chi connectivity index (χ4n) is 7.63. The highest BCUT2D eigenvalue weighted by atomic mass is 16.7. The number of H-pyrrole nitrogens is 1. The Bertz CT molecular complexity index is 1960. The van der Waals surface area contributed by atoms with Crippen LogP contribution in [0.4, 0.5) is 11.6 Å². The van der Waals surface area contributed by atoms with E-state index in [-0.39, 0.29) is 25.5 Å². The number of hydrogen-bond acceptors (Lipinski definition) is 10. The van der Waals surface area contributed by atoms with Crippen LogP contribution in [0.25, 0.3) is 22.2 Å². The van der Waals surface area contributed by atoms with Crippen molar-refractivity contribution in [2.24, 2.45) is 0 Å². The third-order valence-electron chi connectivity index (χ3n) is 10.3. The number of ether oxygens (including phenoxy) is 2. The maximum Gasteiger partial charge on any atom is 0.277 e. The number of aryl methyl sites for hydroxylation is 2. The molecule has 270 valence electrons. The Balaban J connectivity index is 1.02. The number of carbonyl (C=O) groups is 1. The maximum atomic E-state index is 12.4. The summed E-state index contributed by atoms with van der Waals surface area (Å²) in [5.41, 5.74) is 11.7. The summed E-state index contributed by atoms with van der Waals surface area (Å²) in [6.45, 7) is 7.70. The summed E-state index contributed by atoms with van der Waals surface area (Å²) in [7, 11) is 0. The first kappa shape index (κ1) is 35.0. The summed E-state index contributed by atoms with van der Waals surface area (Å²) in [4.78, 5) is 28.1. The van der Waals surface area contributed by atoms with Crippen LogP contribution in [0.15, 0.2) is 60.8 Å². The van der Waals surface area contributed by atoms with Gasteiger partial charge in [-0.25, -0.2) is 19.1 Å². The predicted octanol–water partition coefficient (Wildman–Crippen LogP) is 2.36. The molecule has 2 aliphatic rings. The van der Waals surface area contributed by atoms with Crippen LogP contribution in [0.3, 0.4) is 0 Å². The smallest absolute Gasteiger partial charge is 0.277 e. The second-order valence-corrected chi connectivity index (χ2v) is 13.4. The van der Waals surface area contributed by atoms with Gasteiger partial charge in [0.15, 0.2) is 34.6 Å². The molecule has 0 radical (unpaired) electrons. The van der Waals surface area contributed by atoms with Crippen LogP contribution in [0.2, 0.25) is 0 Å². The fourth-order valence-corrected chi connectivity index (χ4v) is 7.63. The van der Waals surface area contributed by atoms with E-state index < -0.39 is 30.7 Å². The minimum Gasteiger partial charge on any atom is -0.389 e. The van der Waals surface area contributed by atoms with Crippen LogP contribution < -0.4 is 15.2 Å². The first-order valence-corrected chi connectivity index (χ1v) is 17.8. The molecule has 0 saturated carbocycles. The number of piperidine rings is 1. The molecule has 2 aliphatic heterocycles. The van der Waals surface area contributed by atoms with Gasteiger partial charge in [-0.2, -0.15) is 0 Å². The topological polar surface area (TPSA) is 179 Å². The number of aliphatic hydroxyl groups excluding tert-OH is 3. The Morgan fingerprint density at radius 1 is 1.10 bits per heavy atom. The quantitative estimate of drug-likeness (QED) is 0.0959. The number of aromatic nitrogens is 5. The van der Waals surface area contributed by atoms with Gasteiger partial charge in [-0.3, -0.25) is 9.69 Å². The summed E-state index contributed by atoms with van der Waals surface area (Å²) >= 11 is 0. The highest BCUT2D eigenvalue weighted by molar-refractivity contribution is 5.84. The number of nitrogen functional groups attached to an aromatic ring is 1. The normalized spacial score (nSPS) is 21.6. The van der Waals surface area contributed by atoms with E-state index in [0.29, 0.717) is 29.4 Å². The molecule has 0 spiro atoms. The van der Waals surface area contributed by atoms with Crippen LogP contribution in [-0.4, -0.2) is 96.8 Å². The number of nitrogens with zero attached hydrogens (tertiary/aromatic N) is 6. The van der Waals surface area contributed by atoms with E-state index in [1.165, 1.54) is 10.5 Å². The number of fused-ring (bicyclic) bond motifs is 2. The molecule has 14 heteroatoms. The van der Waals surface area contributed by atoms with Gasteiger partial charge in [0.2, 0.25) is 6.41 Å². The van der Waals surface area contributed by atoms with Gasteiger partial charge in [0.1, 0.15) is 30.4 Å². The number of imidazole rings is 1. The Kier molecular flexibility index (Phi) is 10.3. The molecule has 0 aliphatic carbocycles. The second kappa shape index (κ2) is 15.0. The lowest BCUT2D eigenvalue weighted by Crippen LogP contribution is -2.54. The molecule has 2 aromatic carbocycles. The van der Waals surface area contributed by atoms with Gasteiger partial charge in [0.25, 0.3) is 5.82 Å². The van der Waals surface area contributed by atoms with Gasteiger partial charge in [-0.1, -0.05) is 36.4 Å². The number of rotatable bonds is 12. The van der Waals surface area contributed by atoms with Crippen LogP contribution in [-0.2, 0) is 33.9 Å². The number of nitrogens with two attached hydrogens (primary N) is 1. The van der Waals surface area contributed by atoms with Gasteiger partial charge in [0.05, 0.1) is 25.8 Å². The van der Waals surface area contributed by atoms with E-state index >= 15 is 0 Å². The monoisotopic (exact) mass is 699 g/mol. The van der Waals surface area contributed by atoms with E-state index in [2.05, 4.69) is 61.0 Å². The molecule has 0 bridgehead atoms. The molecule has 5 atom stereocenters. The lowest BCUT2D eigenvalue weighted by Gasteiger charge is -2.39. The van der Waals surface area contributed by atoms with Gasteiger partial charge in [-0.05, 0) is 69.5 Å². The van der Waals surface area contributed by atoms with E-state index in [0.717, 1.165) is 61.3 Å². The highest BCUT2D eigenvalue weighted by Gasteiger charge is 2.40. The Morgan fingerprint density at radius 2 is 1.88 bits per heavy atom. The summed E-state index contributed by atoms with van der Waals surface area (Å²) in [5.74, 6) is 1.80. The molecule has 7 rings (SSSR count). The van der Waals surface area contributed by atoms with Crippen molar-refractivity contribution in [2.45, 2.75) is 82.9 Å². The molecular weight excluding hydrogens is 652 g/mol. The Morgan fingerprint density at radius 3 is 2.61 bits per heavy atom. The van der Waals surface area contributed by atoms with Gasteiger partial charge in [0, 0.05) is 18.3 Å². The molecule has 2 fully saturated rings. The lowest BCUT2D eigenvalue weighted by atomic mass is 9.89. The van der Waals surface area contributed by atoms with Crippen LogP contribution in [0.1, 0.15) is 55.8 Å². The number of nitrogens with one attached hydrogen (secondary N) is 1. The van der Waals surface area contributed by atoms with Crippen LogP contribution >= 0.6 is 0 Å². The molecule has 14 nitrogen and oxygen atoms in total. The van der Waals surface area contributed by atoms with Crippen molar-refractivity contribution in [3.8, 4) is 0 Å². The third kappa shape index (κ3) is 6.95. The predicted molar refractivity (Wildman–Crippen MR) is 190 cm³/mol. The van der Waals surface area contributed by atoms with Crippen molar-refractivity contribution >= 4 is 40.2 Å².